The Morgan fingerprint density at radius 2 is 1.77 bits per heavy atom. The number of nitrogens with zero attached hydrogens (tertiary/aromatic N) is 4. The topological polar surface area (TPSA) is 89.2 Å². The lowest BCUT2D eigenvalue weighted by atomic mass is 10.1. The highest BCUT2D eigenvalue weighted by molar-refractivity contribution is 5.97. The third-order valence-corrected chi connectivity index (χ3v) is 5.22. The number of Topliss-reactive ketones (excluding diaryl/α,β-unsaturated/α-hetero) is 1. The summed E-state index contributed by atoms with van der Waals surface area (Å²) >= 11 is 0. The van der Waals surface area contributed by atoms with Crippen molar-refractivity contribution in [1.29, 1.82) is 0 Å². The van der Waals surface area contributed by atoms with Crippen LogP contribution in [0.25, 0.3) is 17.2 Å². The lowest BCUT2D eigenvalue weighted by Crippen LogP contribution is -2.18. The molecule has 0 fully saturated rings. The number of nitrogens with one attached hydrogen (secondary N) is 1. The number of hydrogen-bond acceptors (Lipinski definition) is 5. The number of anilines is 1. The van der Waals surface area contributed by atoms with E-state index in [4.69, 9.17) is 0 Å². The van der Waals surface area contributed by atoms with E-state index in [0.717, 1.165) is 28.1 Å². The van der Waals surface area contributed by atoms with Gasteiger partial charge >= 0.3 is 0 Å². The second-order valence-electron chi connectivity index (χ2n) is 7.64. The molecule has 4 rings (SSSR count). The van der Waals surface area contributed by atoms with E-state index in [9.17, 15) is 9.59 Å². The molecular formula is C24H23N5O2. The summed E-state index contributed by atoms with van der Waals surface area (Å²) in [5.41, 5.74) is 5.55. The molecule has 7 heteroatoms. The molecule has 0 aliphatic rings. The van der Waals surface area contributed by atoms with Gasteiger partial charge in [0.05, 0.1) is 6.42 Å². The second-order valence-corrected chi connectivity index (χ2v) is 7.64. The maximum absolute atomic E-state index is 12.7. The minimum atomic E-state index is -0.188. The number of aryl methyl sites for hydroxylation is 3. The Morgan fingerprint density at radius 3 is 2.52 bits per heavy atom. The van der Waals surface area contributed by atoms with Gasteiger partial charge in [-0.2, -0.15) is 4.98 Å². The molecule has 4 aromatic rings. The molecule has 7 nitrogen and oxygen atoms in total. The molecule has 31 heavy (non-hydrogen) atoms. The van der Waals surface area contributed by atoms with Crippen LogP contribution in [-0.4, -0.2) is 31.3 Å². The van der Waals surface area contributed by atoms with Crippen molar-refractivity contribution in [1.82, 2.24) is 19.6 Å². The number of rotatable bonds is 5. The van der Waals surface area contributed by atoms with E-state index in [2.05, 4.69) is 20.4 Å². The predicted molar refractivity (Wildman–Crippen MR) is 119 cm³/mol. The number of benzene rings is 2. The first-order valence-corrected chi connectivity index (χ1v) is 10.0. The van der Waals surface area contributed by atoms with Gasteiger partial charge in [0, 0.05) is 33.8 Å². The van der Waals surface area contributed by atoms with Crippen LogP contribution in [0.3, 0.4) is 0 Å². The van der Waals surface area contributed by atoms with Gasteiger partial charge < -0.3 is 5.32 Å². The molecule has 0 aliphatic carbocycles. The third-order valence-electron chi connectivity index (χ3n) is 5.22. The van der Waals surface area contributed by atoms with Crippen molar-refractivity contribution in [3.05, 3.63) is 76.6 Å². The molecule has 0 saturated heterocycles. The van der Waals surface area contributed by atoms with Crippen LogP contribution in [0.15, 0.2) is 48.5 Å². The summed E-state index contributed by atoms with van der Waals surface area (Å²) in [6, 6.07) is 14.9. The van der Waals surface area contributed by atoms with Crippen molar-refractivity contribution < 1.29 is 9.59 Å². The van der Waals surface area contributed by atoms with Crippen molar-refractivity contribution >= 4 is 23.2 Å². The van der Waals surface area contributed by atoms with Crippen LogP contribution in [0, 0.1) is 20.8 Å². The largest absolute Gasteiger partial charge is 0.326 e. The maximum Gasteiger partial charge on any atom is 0.253 e. The van der Waals surface area contributed by atoms with Crippen molar-refractivity contribution in [3.63, 3.8) is 0 Å². The molecule has 156 valence electrons. The molecule has 0 spiro atoms. The van der Waals surface area contributed by atoms with Gasteiger partial charge in [-0.3, -0.25) is 9.59 Å². The van der Waals surface area contributed by atoms with Gasteiger partial charge in [-0.15, -0.1) is 5.10 Å². The van der Waals surface area contributed by atoms with Gasteiger partial charge in [0.1, 0.15) is 0 Å². The first-order chi connectivity index (χ1) is 14.8. The van der Waals surface area contributed by atoms with Crippen LogP contribution in [0.4, 0.5) is 5.69 Å². The number of aromatic nitrogens is 4. The highest BCUT2D eigenvalue weighted by atomic mass is 16.1. The smallest absolute Gasteiger partial charge is 0.253 e. The van der Waals surface area contributed by atoms with Crippen LogP contribution in [-0.2, 0) is 11.2 Å². The Kier molecular flexibility index (Phi) is 5.33. The molecule has 2 aromatic heterocycles. The Morgan fingerprint density at radius 1 is 1.00 bits per heavy atom. The number of fused-ring (bicyclic) bond motifs is 1. The standard InChI is InChI=1S/C24H23N5O2/c1-14-7-5-9-19(11-14)23-27-24-25-15(2)21(16(3)29(24)28-23)13-22(31)26-20-10-6-8-18(12-20)17(4)30/h5-12H,13H2,1-4H3,(H,26,31). The average molecular weight is 413 g/mol. The fourth-order valence-electron chi connectivity index (χ4n) is 3.55. The Labute approximate surface area is 180 Å². The van der Waals surface area contributed by atoms with Gasteiger partial charge in [0.25, 0.3) is 5.78 Å². The fraction of sp³-hybridized carbons (Fsp3) is 0.208. The van der Waals surface area contributed by atoms with E-state index in [-0.39, 0.29) is 18.1 Å². The van der Waals surface area contributed by atoms with Crippen molar-refractivity contribution in [2.45, 2.75) is 34.1 Å². The molecule has 2 aromatic carbocycles. The number of hydrogen-bond donors (Lipinski definition) is 1. The lowest BCUT2D eigenvalue weighted by molar-refractivity contribution is -0.115. The Balaban J connectivity index is 1.62. The Bertz CT molecular complexity index is 1320. The highest BCUT2D eigenvalue weighted by Gasteiger charge is 2.17. The summed E-state index contributed by atoms with van der Waals surface area (Å²) in [6.45, 7) is 7.30. The molecule has 0 unspecified atom stereocenters. The number of carbonyl (C=O) groups excluding carboxylic acids is 2. The maximum atomic E-state index is 12.7. The van der Waals surface area contributed by atoms with Crippen LogP contribution in [0.5, 0.6) is 0 Å². The molecule has 1 amide bonds. The van der Waals surface area contributed by atoms with Crippen molar-refractivity contribution in [3.8, 4) is 11.4 Å². The summed E-state index contributed by atoms with van der Waals surface area (Å²) in [5, 5.41) is 7.48. The molecule has 0 atom stereocenters. The minimum absolute atomic E-state index is 0.0481. The second kappa shape index (κ2) is 8.10. The molecule has 0 saturated carbocycles. The zero-order valence-corrected chi connectivity index (χ0v) is 17.9. The first kappa shape index (κ1) is 20.4. The molecule has 0 bridgehead atoms. The summed E-state index contributed by atoms with van der Waals surface area (Å²) in [6.07, 6.45) is 0.143. The van der Waals surface area contributed by atoms with E-state index >= 15 is 0 Å². The van der Waals surface area contributed by atoms with Crippen LogP contribution < -0.4 is 5.32 Å². The monoisotopic (exact) mass is 413 g/mol. The normalized spacial score (nSPS) is 11.0. The predicted octanol–water partition coefficient (Wildman–Crippen LogP) is 4.10. The molecule has 2 heterocycles. The lowest BCUT2D eigenvalue weighted by Gasteiger charge is -2.11. The fourth-order valence-corrected chi connectivity index (χ4v) is 3.55. The molecule has 0 aliphatic heterocycles. The van der Waals surface area contributed by atoms with Crippen LogP contribution in [0.1, 0.15) is 39.8 Å². The highest BCUT2D eigenvalue weighted by Crippen LogP contribution is 2.21. The SMILES string of the molecule is CC(=O)c1cccc(NC(=O)Cc2c(C)nc3nc(-c4cccc(C)c4)nn3c2C)c1. The first-order valence-electron chi connectivity index (χ1n) is 10.0. The van der Waals surface area contributed by atoms with Gasteiger partial charge in [-0.05, 0) is 45.9 Å². The van der Waals surface area contributed by atoms with Crippen molar-refractivity contribution in [2.75, 3.05) is 5.32 Å². The molecular weight excluding hydrogens is 390 g/mol. The van der Waals surface area contributed by atoms with Gasteiger partial charge in [-0.1, -0.05) is 35.9 Å². The quantitative estimate of drug-likeness (QED) is 0.498. The van der Waals surface area contributed by atoms with Gasteiger partial charge in [0.2, 0.25) is 5.91 Å². The zero-order chi connectivity index (χ0) is 22.1. The third kappa shape index (κ3) is 4.21. The number of amides is 1. The molecule has 1 N–H and O–H groups in total. The van der Waals surface area contributed by atoms with Crippen LogP contribution in [0.2, 0.25) is 0 Å². The van der Waals surface area contributed by atoms with Gasteiger partial charge in [0.15, 0.2) is 11.6 Å². The number of ketones is 1. The summed E-state index contributed by atoms with van der Waals surface area (Å²) in [4.78, 5) is 33.4. The van der Waals surface area contributed by atoms with E-state index in [1.165, 1.54) is 6.92 Å². The van der Waals surface area contributed by atoms with Gasteiger partial charge in [-0.25, -0.2) is 9.50 Å². The Hall–Kier alpha value is -3.87. The molecule has 0 radical (unpaired) electrons. The minimum Gasteiger partial charge on any atom is -0.326 e. The average Bonchev–Trinajstić information content (AvgIpc) is 3.15. The summed E-state index contributed by atoms with van der Waals surface area (Å²) in [7, 11) is 0. The van der Waals surface area contributed by atoms with E-state index in [0.29, 0.717) is 22.9 Å². The van der Waals surface area contributed by atoms with Crippen LogP contribution >= 0.6 is 0 Å². The van der Waals surface area contributed by atoms with E-state index in [1.54, 1.807) is 28.8 Å². The van der Waals surface area contributed by atoms with Crippen molar-refractivity contribution in [2.24, 2.45) is 0 Å². The summed E-state index contributed by atoms with van der Waals surface area (Å²) < 4.78 is 1.68. The number of carbonyl (C=O) groups is 2. The van der Waals surface area contributed by atoms with E-state index in [1.807, 2.05) is 45.0 Å². The zero-order valence-electron chi connectivity index (χ0n) is 17.9. The summed E-state index contributed by atoms with van der Waals surface area (Å²) in [5.74, 6) is 0.867. The van der Waals surface area contributed by atoms with E-state index < -0.39 is 0 Å².